The molecule has 0 aliphatic rings. The molecule has 2 amide bonds. The molecule has 1 aromatic heterocycles. The van der Waals surface area contributed by atoms with E-state index in [2.05, 4.69) is 47.7 Å². The van der Waals surface area contributed by atoms with Crippen molar-refractivity contribution in [3.05, 3.63) is 126 Å². The van der Waals surface area contributed by atoms with Crippen LogP contribution in [-0.2, 0) is 4.79 Å². The van der Waals surface area contributed by atoms with E-state index in [9.17, 15) is 18.8 Å². The standard InChI is InChI=1S/C28H18Br2FN3O4S/c29-20-12-19(25(23(30)14-20)38-28(37)18-8-4-9-21(31)13-18)16-32-34-27(36)24(15-22-10-5-11-39-22)33-26(35)17-6-2-1-3-7-17/h1-16H,(H,33,35)(H,34,36)/b24-15+,32-16-. The molecule has 0 unspecified atom stereocenters. The third kappa shape index (κ3) is 7.79. The number of nitrogens with one attached hydrogen (secondary N) is 2. The van der Waals surface area contributed by atoms with Crippen LogP contribution in [0.4, 0.5) is 4.39 Å². The lowest BCUT2D eigenvalue weighted by molar-refractivity contribution is -0.117. The molecule has 0 spiro atoms. The lowest BCUT2D eigenvalue weighted by Gasteiger charge is -2.11. The van der Waals surface area contributed by atoms with Crippen LogP contribution in [0.5, 0.6) is 5.75 Å². The molecule has 0 fully saturated rings. The van der Waals surface area contributed by atoms with Gasteiger partial charge in [0.1, 0.15) is 11.5 Å². The molecule has 3 aromatic carbocycles. The van der Waals surface area contributed by atoms with Crippen LogP contribution in [0.25, 0.3) is 6.08 Å². The number of hydrogen-bond donors (Lipinski definition) is 2. The number of benzene rings is 3. The van der Waals surface area contributed by atoms with Gasteiger partial charge in [-0.3, -0.25) is 9.59 Å². The van der Waals surface area contributed by atoms with Gasteiger partial charge in [-0.15, -0.1) is 11.3 Å². The Balaban J connectivity index is 1.54. The van der Waals surface area contributed by atoms with Crippen molar-refractivity contribution in [2.24, 2.45) is 5.10 Å². The van der Waals surface area contributed by atoms with Crippen molar-refractivity contribution in [1.82, 2.24) is 10.7 Å². The molecular formula is C28H18Br2FN3O4S. The molecule has 39 heavy (non-hydrogen) atoms. The molecule has 0 aliphatic heterocycles. The maximum Gasteiger partial charge on any atom is 0.343 e. The van der Waals surface area contributed by atoms with Crippen LogP contribution >= 0.6 is 43.2 Å². The summed E-state index contributed by atoms with van der Waals surface area (Å²) in [6, 6.07) is 20.5. The van der Waals surface area contributed by atoms with Crippen LogP contribution in [0, 0.1) is 5.82 Å². The number of hydrazone groups is 1. The predicted molar refractivity (Wildman–Crippen MR) is 155 cm³/mol. The van der Waals surface area contributed by atoms with E-state index in [1.807, 2.05) is 11.4 Å². The van der Waals surface area contributed by atoms with Crippen LogP contribution in [0.2, 0.25) is 0 Å². The highest BCUT2D eigenvalue weighted by atomic mass is 79.9. The molecule has 0 saturated heterocycles. The number of amides is 2. The van der Waals surface area contributed by atoms with Crippen molar-refractivity contribution in [3.63, 3.8) is 0 Å². The molecule has 11 heteroatoms. The summed E-state index contributed by atoms with van der Waals surface area (Å²) in [5.74, 6) is -2.37. The van der Waals surface area contributed by atoms with Gasteiger partial charge in [0.05, 0.1) is 16.3 Å². The summed E-state index contributed by atoms with van der Waals surface area (Å²) in [5, 5.41) is 8.47. The second-order valence-electron chi connectivity index (χ2n) is 7.80. The van der Waals surface area contributed by atoms with Gasteiger partial charge in [-0.25, -0.2) is 14.6 Å². The summed E-state index contributed by atoms with van der Waals surface area (Å²) in [5.41, 5.74) is 3.12. The monoisotopic (exact) mass is 669 g/mol. The molecule has 7 nitrogen and oxygen atoms in total. The van der Waals surface area contributed by atoms with Gasteiger partial charge < -0.3 is 10.1 Å². The quantitative estimate of drug-likeness (QED) is 0.0731. The van der Waals surface area contributed by atoms with E-state index in [1.165, 1.54) is 41.8 Å². The summed E-state index contributed by atoms with van der Waals surface area (Å²) < 4.78 is 20.1. The second-order valence-corrected chi connectivity index (χ2v) is 10.5. The molecule has 0 saturated carbocycles. The maximum absolute atomic E-state index is 13.6. The minimum Gasteiger partial charge on any atom is -0.421 e. The molecule has 2 N–H and O–H groups in total. The Morgan fingerprint density at radius 2 is 1.69 bits per heavy atom. The Bertz CT molecular complexity index is 1580. The average molecular weight is 671 g/mol. The maximum atomic E-state index is 13.6. The lowest BCUT2D eigenvalue weighted by atomic mass is 10.2. The summed E-state index contributed by atoms with van der Waals surface area (Å²) in [6.45, 7) is 0. The van der Waals surface area contributed by atoms with Gasteiger partial charge in [0.2, 0.25) is 0 Å². The molecule has 4 rings (SSSR count). The van der Waals surface area contributed by atoms with Gasteiger partial charge in [0.15, 0.2) is 5.75 Å². The van der Waals surface area contributed by atoms with Gasteiger partial charge in [-0.05, 0) is 75.9 Å². The van der Waals surface area contributed by atoms with Crippen LogP contribution in [-0.4, -0.2) is 24.0 Å². The van der Waals surface area contributed by atoms with Crippen molar-refractivity contribution >= 4 is 73.3 Å². The fraction of sp³-hybridized carbons (Fsp3) is 0. The normalized spacial score (nSPS) is 11.3. The number of carbonyl (C=O) groups is 3. The molecular weight excluding hydrogens is 653 g/mol. The van der Waals surface area contributed by atoms with Gasteiger partial charge in [0.25, 0.3) is 11.8 Å². The summed E-state index contributed by atoms with van der Waals surface area (Å²) in [4.78, 5) is 39.1. The third-order valence-electron chi connectivity index (χ3n) is 5.02. The first-order valence-corrected chi connectivity index (χ1v) is 13.7. The average Bonchev–Trinajstić information content (AvgIpc) is 3.43. The fourth-order valence-electron chi connectivity index (χ4n) is 3.23. The zero-order valence-electron chi connectivity index (χ0n) is 19.9. The third-order valence-corrected chi connectivity index (χ3v) is 6.89. The number of esters is 1. The van der Waals surface area contributed by atoms with Crippen molar-refractivity contribution in [1.29, 1.82) is 0 Å². The highest BCUT2D eigenvalue weighted by Crippen LogP contribution is 2.32. The predicted octanol–water partition coefficient (Wildman–Crippen LogP) is 6.55. The number of thiophene rings is 1. The van der Waals surface area contributed by atoms with Crippen LogP contribution in [0.1, 0.15) is 31.2 Å². The van der Waals surface area contributed by atoms with E-state index in [-0.39, 0.29) is 17.0 Å². The zero-order chi connectivity index (χ0) is 27.8. The number of ether oxygens (including phenoxy) is 1. The van der Waals surface area contributed by atoms with E-state index >= 15 is 0 Å². The number of nitrogens with zero attached hydrogens (tertiary/aromatic N) is 1. The summed E-state index contributed by atoms with van der Waals surface area (Å²) >= 11 is 8.12. The van der Waals surface area contributed by atoms with Crippen LogP contribution in [0.15, 0.2) is 104 Å². The molecule has 0 bridgehead atoms. The highest BCUT2D eigenvalue weighted by Gasteiger charge is 2.17. The second kappa shape index (κ2) is 13.2. The molecule has 1 heterocycles. The van der Waals surface area contributed by atoms with Gasteiger partial charge in [0, 0.05) is 20.5 Å². The Kier molecular flexibility index (Phi) is 9.53. The SMILES string of the molecule is O=C(N/N=C\c1cc(Br)cc(Br)c1OC(=O)c1cccc(F)c1)/C(=C\c1cccs1)NC(=O)c1ccccc1. The van der Waals surface area contributed by atoms with Crippen LogP contribution in [0.3, 0.4) is 0 Å². The fourth-order valence-corrected chi connectivity index (χ4v) is 5.23. The number of rotatable bonds is 8. The van der Waals surface area contributed by atoms with E-state index in [1.54, 1.807) is 48.5 Å². The molecule has 0 atom stereocenters. The molecule has 196 valence electrons. The van der Waals surface area contributed by atoms with Crippen molar-refractivity contribution in [2.75, 3.05) is 0 Å². The van der Waals surface area contributed by atoms with Crippen molar-refractivity contribution < 1.29 is 23.5 Å². The smallest absolute Gasteiger partial charge is 0.343 e. The lowest BCUT2D eigenvalue weighted by Crippen LogP contribution is -2.32. The topological polar surface area (TPSA) is 96.9 Å². The Morgan fingerprint density at radius 1 is 0.923 bits per heavy atom. The minimum absolute atomic E-state index is 0.0170. The van der Waals surface area contributed by atoms with E-state index in [0.717, 1.165) is 10.9 Å². The first-order valence-electron chi connectivity index (χ1n) is 11.2. The zero-order valence-corrected chi connectivity index (χ0v) is 23.8. The Hall–Kier alpha value is -3.93. The largest absolute Gasteiger partial charge is 0.421 e. The Labute approximate surface area is 243 Å². The van der Waals surface area contributed by atoms with Crippen molar-refractivity contribution in [3.8, 4) is 5.75 Å². The van der Waals surface area contributed by atoms with E-state index in [0.29, 0.717) is 20.1 Å². The Morgan fingerprint density at radius 3 is 2.41 bits per heavy atom. The van der Waals surface area contributed by atoms with E-state index < -0.39 is 23.6 Å². The highest BCUT2D eigenvalue weighted by molar-refractivity contribution is 9.11. The van der Waals surface area contributed by atoms with Gasteiger partial charge in [-0.2, -0.15) is 5.10 Å². The number of hydrogen-bond acceptors (Lipinski definition) is 6. The summed E-state index contributed by atoms with van der Waals surface area (Å²) in [7, 11) is 0. The first kappa shape index (κ1) is 28.1. The van der Waals surface area contributed by atoms with Crippen LogP contribution < -0.4 is 15.5 Å². The molecule has 0 aliphatic carbocycles. The number of carbonyl (C=O) groups excluding carboxylic acids is 3. The first-order chi connectivity index (χ1) is 18.8. The van der Waals surface area contributed by atoms with Crippen molar-refractivity contribution in [2.45, 2.75) is 0 Å². The molecule has 0 radical (unpaired) electrons. The summed E-state index contributed by atoms with van der Waals surface area (Å²) in [6.07, 6.45) is 2.82. The minimum atomic E-state index is -0.777. The van der Waals surface area contributed by atoms with Gasteiger partial charge >= 0.3 is 5.97 Å². The van der Waals surface area contributed by atoms with E-state index in [4.69, 9.17) is 4.74 Å². The van der Waals surface area contributed by atoms with Gasteiger partial charge in [-0.1, -0.05) is 46.3 Å². The molecule has 4 aromatic rings. The number of halogens is 3.